The summed E-state index contributed by atoms with van der Waals surface area (Å²) in [4.78, 5) is 27.7. The van der Waals surface area contributed by atoms with Crippen LogP contribution in [0, 0.1) is 0 Å². The van der Waals surface area contributed by atoms with E-state index in [0.717, 1.165) is 20.8 Å². The third-order valence-corrected chi connectivity index (χ3v) is 6.02. The van der Waals surface area contributed by atoms with E-state index in [4.69, 9.17) is 4.74 Å². The van der Waals surface area contributed by atoms with E-state index in [1.165, 1.54) is 15.9 Å². The van der Waals surface area contributed by atoms with Gasteiger partial charge in [0.1, 0.15) is 4.83 Å². The van der Waals surface area contributed by atoms with Gasteiger partial charge in [-0.05, 0) is 25.0 Å². The number of hydrogen-bond acceptors (Lipinski definition) is 4. The molecule has 2 aromatic heterocycles. The van der Waals surface area contributed by atoms with Crippen LogP contribution < -0.4 is 11.2 Å². The summed E-state index contributed by atoms with van der Waals surface area (Å²) in [6.07, 6.45) is 0.682. The molecule has 130 valence electrons. The lowest BCUT2D eigenvalue weighted by Gasteiger charge is -2.29. The van der Waals surface area contributed by atoms with Crippen LogP contribution in [-0.4, -0.2) is 14.7 Å². The maximum atomic E-state index is 13.2. The maximum Gasteiger partial charge on any atom is 0.332 e. The van der Waals surface area contributed by atoms with Gasteiger partial charge in [0.05, 0.1) is 24.1 Å². The number of rotatable bonds is 2. The van der Waals surface area contributed by atoms with Crippen molar-refractivity contribution < 1.29 is 4.74 Å². The molecular weight excluding hydrogens is 336 g/mol. The standard InChI is InChI=1S/C19H20N2O3S/c1-19(2)9-13-14(11-24-19)25-17-15(13)16(22)21(18(23)20(17)3)10-12-7-5-4-6-8-12/h4-8H,9-11H2,1-3H3. The molecule has 5 nitrogen and oxygen atoms in total. The second-order valence-electron chi connectivity index (χ2n) is 7.13. The number of fused-ring (bicyclic) bond motifs is 3. The molecule has 6 heteroatoms. The highest BCUT2D eigenvalue weighted by Crippen LogP contribution is 2.36. The number of benzene rings is 1. The summed E-state index contributed by atoms with van der Waals surface area (Å²) in [7, 11) is 1.74. The zero-order valence-corrected chi connectivity index (χ0v) is 15.4. The van der Waals surface area contributed by atoms with Crippen LogP contribution in [0.15, 0.2) is 39.9 Å². The number of ether oxygens (including phenoxy) is 1. The molecule has 4 rings (SSSR count). The van der Waals surface area contributed by atoms with Crippen molar-refractivity contribution in [2.75, 3.05) is 0 Å². The number of aromatic nitrogens is 2. The highest BCUT2D eigenvalue weighted by Gasteiger charge is 2.31. The van der Waals surface area contributed by atoms with Gasteiger partial charge in [-0.3, -0.25) is 13.9 Å². The van der Waals surface area contributed by atoms with Crippen LogP contribution in [-0.2, 0) is 31.4 Å². The van der Waals surface area contributed by atoms with E-state index in [2.05, 4.69) is 0 Å². The summed E-state index contributed by atoms with van der Waals surface area (Å²) < 4.78 is 8.80. The zero-order valence-electron chi connectivity index (χ0n) is 14.5. The van der Waals surface area contributed by atoms with Crippen molar-refractivity contribution in [1.82, 2.24) is 9.13 Å². The van der Waals surface area contributed by atoms with Gasteiger partial charge in [-0.2, -0.15) is 0 Å². The number of thiophene rings is 1. The molecule has 3 heterocycles. The van der Waals surface area contributed by atoms with E-state index in [1.807, 2.05) is 44.2 Å². The minimum Gasteiger partial charge on any atom is -0.370 e. The molecule has 3 aromatic rings. The van der Waals surface area contributed by atoms with Crippen LogP contribution in [0.5, 0.6) is 0 Å². The second-order valence-corrected chi connectivity index (χ2v) is 8.21. The van der Waals surface area contributed by atoms with E-state index in [-0.39, 0.29) is 23.4 Å². The molecule has 1 aromatic carbocycles. The zero-order chi connectivity index (χ0) is 17.8. The minimum absolute atomic E-state index is 0.197. The second kappa shape index (κ2) is 5.68. The first-order valence-corrected chi connectivity index (χ1v) is 9.11. The average molecular weight is 356 g/mol. The van der Waals surface area contributed by atoms with Crippen molar-refractivity contribution in [3.8, 4) is 0 Å². The van der Waals surface area contributed by atoms with Crippen LogP contribution in [0.25, 0.3) is 10.2 Å². The van der Waals surface area contributed by atoms with E-state index in [1.54, 1.807) is 11.6 Å². The van der Waals surface area contributed by atoms with Gasteiger partial charge in [0, 0.05) is 18.3 Å². The molecule has 0 fully saturated rings. The summed E-state index contributed by atoms with van der Waals surface area (Å²) in [6.45, 7) is 4.84. The van der Waals surface area contributed by atoms with Gasteiger partial charge in [-0.25, -0.2) is 4.79 Å². The lowest BCUT2D eigenvalue weighted by molar-refractivity contribution is -0.0379. The highest BCUT2D eigenvalue weighted by molar-refractivity contribution is 7.18. The summed E-state index contributed by atoms with van der Waals surface area (Å²) >= 11 is 1.50. The van der Waals surface area contributed by atoms with Crippen LogP contribution in [0.1, 0.15) is 29.9 Å². The monoisotopic (exact) mass is 356 g/mol. The van der Waals surface area contributed by atoms with Crippen molar-refractivity contribution in [3.05, 3.63) is 67.2 Å². The third kappa shape index (κ3) is 2.65. The van der Waals surface area contributed by atoms with Gasteiger partial charge >= 0.3 is 5.69 Å². The number of aryl methyl sites for hydroxylation is 1. The molecule has 0 amide bonds. The predicted molar refractivity (Wildman–Crippen MR) is 99.4 cm³/mol. The Morgan fingerprint density at radius 2 is 1.92 bits per heavy atom. The first kappa shape index (κ1) is 16.3. The molecule has 0 radical (unpaired) electrons. The number of hydrogen-bond donors (Lipinski definition) is 0. The molecule has 1 aliphatic heterocycles. The molecule has 0 saturated heterocycles. The predicted octanol–water partition coefficient (Wildman–Crippen LogP) is 2.66. The van der Waals surface area contributed by atoms with Crippen molar-refractivity contribution in [3.63, 3.8) is 0 Å². The Balaban J connectivity index is 1.97. The summed E-state index contributed by atoms with van der Waals surface area (Å²) in [6, 6.07) is 9.60. The average Bonchev–Trinajstić information content (AvgIpc) is 2.95. The molecule has 0 aliphatic carbocycles. The van der Waals surface area contributed by atoms with Crippen molar-refractivity contribution in [2.24, 2.45) is 7.05 Å². The first-order chi connectivity index (χ1) is 11.9. The Kier molecular flexibility index (Phi) is 3.70. The fraction of sp³-hybridized carbons (Fsp3) is 0.368. The van der Waals surface area contributed by atoms with Gasteiger partial charge in [0.2, 0.25) is 0 Å². The van der Waals surface area contributed by atoms with Gasteiger partial charge in [0.25, 0.3) is 5.56 Å². The lowest BCUT2D eigenvalue weighted by atomic mass is 9.94. The molecule has 0 saturated carbocycles. The minimum atomic E-state index is -0.299. The van der Waals surface area contributed by atoms with E-state index in [9.17, 15) is 9.59 Å². The topological polar surface area (TPSA) is 53.2 Å². The smallest absolute Gasteiger partial charge is 0.332 e. The molecule has 0 bridgehead atoms. The number of nitrogens with zero attached hydrogens (tertiary/aromatic N) is 2. The van der Waals surface area contributed by atoms with Crippen LogP contribution in [0.2, 0.25) is 0 Å². The summed E-state index contributed by atoms with van der Waals surface area (Å²) in [5.41, 5.74) is 1.21. The van der Waals surface area contributed by atoms with Gasteiger partial charge < -0.3 is 4.74 Å². The third-order valence-electron chi connectivity index (χ3n) is 4.73. The fourth-order valence-electron chi connectivity index (χ4n) is 3.39. The quantitative estimate of drug-likeness (QED) is 0.709. The van der Waals surface area contributed by atoms with E-state index in [0.29, 0.717) is 18.4 Å². The molecule has 0 atom stereocenters. The first-order valence-electron chi connectivity index (χ1n) is 8.29. The Morgan fingerprint density at radius 1 is 1.20 bits per heavy atom. The Hall–Kier alpha value is -2.18. The summed E-state index contributed by atoms with van der Waals surface area (Å²) in [5, 5.41) is 0.675. The van der Waals surface area contributed by atoms with Crippen LogP contribution >= 0.6 is 11.3 Å². The molecule has 25 heavy (non-hydrogen) atoms. The Labute approximate surface area is 149 Å². The van der Waals surface area contributed by atoms with E-state index < -0.39 is 0 Å². The molecular formula is C19H20N2O3S. The summed E-state index contributed by atoms with van der Waals surface area (Å²) in [5.74, 6) is 0. The Bertz CT molecular complexity index is 1070. The van der Waals surface area contributed by atoms with Crippen LogP contribution in [0.3, 0.4) is 0 Å². The van der Waals surface area contributed by atoms with Gasteiger partial charge in [-0.15, -0.1) is 11.3 Å². The van der Waals surface area contributed by atoms with Crippen molar-refractivity contribution in [2.45, 2.75) is 39.0 Å². The van der Waals surface area contributed by atoms with Gasteiger partial charge in [0.15, 0.2) is 0 Å². The van der Waals surface area contributed by atoms with Crippen molar-refractivity contribution >= 4 is 21.6 Å². The van der Waals surface area contributed by atoms with Crippen LogP contribution in [0.4, 0.5) is 0 Å². The molecule has 1 aliphatic rings. The largest absolute Gasteiger partial charge is 0.370 e. The van der Waals surface area contributed by atoms with Crippen molar-refractivity contribution in [1.29, 1.82) is 0 Å². The molecule has 0 unspecified atom stereocenters. The lowest BCUT2D eigenvalue weighted by Crippen LogP contribution is -2.39. The molecule has 0 spiro atoms. The fourth-order valence-corrected chi connectivity index (χ4v) is 4.57. The normalized spacial score (nSPS) is 16.1. The highest BCUT2D eigenvalue weighted by atomic mass is 32.1. The Morgan fingerprint density at radius 3 is 2.64 bits per heavy atom. The SMILES string of the molecule is Cn1c(=O)n(Cc2ccccc2)c(=O)c2c3c(sc21)COC(C)(C)C3. The maximum absolute atomic E-state index is 13.2. The van der Waals surface area contributed by atoms with E-state index >= 15 is 0 Å². The molecule has 0 N–H and O–H groups in total. The van der Waals surface area contributed by atoms with Gasteiger partial charge in [-0.1, -0.05) is 30.3 Å².